The van der Waals surface area contributed by atoms with Gasteiger partial charge in [-0.2, -0.15) is 0 Å². The Hall–Kier alpha value is -2.53. The Kier molecular flexibility index (Phi) is 3.50. The first-order valence-electron chi connectivity index (χ1n) is 6.17. The van der Waals surface area contributed by atoms with Crippen LogP contribution in [-0.4, -0.2) is 18.5 Å². The van der Waals surface area contributed by atoms with Gasteiger partial charge in [0.05, 0.1) is 16.3 Å². The monoisotopic (exact) mass is 303 g/mol. The molecule has 1 amide bonds. The third-order valence-corrected chi connectivity index (χ3v) is 3.22. The zero-order valence-electron chi connectivity index (χ0n) is 10.8. The molecule has 0 unspecified atom stereocenters. The topological polar surface area (TPSA) is 64.6 Å². The van der Waals surface area contributed by atoms with Crippen molar-refractivity contribution in [1.29, 1.82) is 0 Å². The van der Waals surface area contributed by atoms with E-state index in [1.54, 1.807) is 42.5 Å². The SMILES string of the molecule is O=C1COc2cc(OC(=O)c3ccccc3Cl)ccc2N1. The van der Waals surface area contributed by atoms with Crippen molar-refractivity contribution in [3.8, 4) is 11.5 Å². The maximum absolute atomic E-state index is 12.0. The molecule has 0 spiro atoms. The lowest BCUT2D eigenvalue weighted by Crippen LogP contribution is -2.25. The van der Waals surface area contributed by atoms with E-state index in [4.69, 9.17) is 21.1 Å². The first kappa shape index (κ1) is 13.5. The number of esters is 1. The average molecular weight is 304 g/mol. The van der Waals surface area contributed by atoms with Crippen molar-refractivity contribution in [3.05, 3.63) is 53.1 Å². The van der Waals surface area contributed by atoms with Crippen molar-refractivity contribution < 1.29 is 19.1 Å². The fourth-order valence-electron chi connectivity index (χ4n) is 1.91. The summed E-state index contributed by atoms with van der Waals surface area (Å²) in [6.45, 7) is -0.0606. The highest BCUT2D eigenvalue weighted by molar-refractivity contribution is 6.33. The summed E-state index contributed by atoms with van der Waals surface area (Å²) in [7, 11) is 0. The van der Waals surface area contributed by atoms with Crippen LogP contribution in [-0.2, 0) is 4.79 Å². The Labute approximate surface area is 125 Å². The molecule has 5 nitrogen and oxygen atoms in total. The van der Waals surface area contributed by atoms with Gasteiger partial charge in [0.1, 0.15) is 11.5 Å². The molecule has 1 aliphatic rings. The molecule has 1 aliphatic heterocycles. The quantitative estimate of drug-likeness (QED) is 0.684. The lowest BCUT2D eigenvalue weighted by Gasteiger charge is -2.18. The van der Waals surface area contributed by atoms with E-state index in [9.17, 15) is 9.59 Å². The number of hydrogen-bond donors (Lipinski definition) is 1. The molecule has 1 heterocycles. The van der Waals surface area contributed by atoms with E-state index < -0.39 is 5.97 Å². The number of halogens is 1. The largest absolute Gasteiger partial charge is 0.481 e. The van der Waals surface area contributed by atoms with Gasteiger partial charge in [-0.05, 0) is 24.3 Å². The molecule has 0 bridgehead atoms. The number of carbonyl (C=O) groups is 2. The van der Waals surface area contributed by atoms with Gasteiger partial charge in [0.15, 0.2) is 6.61 Å². The number of ether oxygens (including phenoxy) is 2. The summed E-state index contributed by atoms with van der Waals surface area (Å²) in [5.41, 5.74) is 0.829. The molecule has 3 rings (SSSR count). The standard InChI is InChI=1S/C15H10ClNO4/c16-11-4-2-1-3-10(11)15(19)21-9-5-6-12-13(7-9)20-8-14(18)17-12/h1-7H,8H2,(H,17,18). The Morgan fingerprint density at radius 3 is 2.86 bits per heavy atom. The van der Waals surface area contributed by atoms with E-state index in [0.717, 1.165) is 0 Å². The van der Waals surface area contributed by atoms with Gasteiger partial charge in [-0.1, -0.05) is 23.7 Å². The number of amides is 1. The van der Waals surface area contributed by atoms with Crippen LogP contribution in [0.4, 0.5) is 5.69 Å². The van der Waals surface area contributed by atoms with Crippen molar-refractivity contribution in [3.63, 3.8) is 0 Å². The van der Waals surface area contributed by atoms with Crippen molar-refractivity contribution in [1.82, 2.24) is 0 Å². The van der Waals surface area contributed by atoms with Crippen LogP contribution in [0.1, 0.15) is 10.4 Å². The minimum absolute atomic E-state index is 0.0606. The van der Waals surface area contributed by atoms with Gasteiger partial charge in [-0.15, -0.1) is 0 Å². The van der Waals surface area contributed by atoms with E-state index in [2.05, 4.69) is 5.32 Å². The normalized spacial score (nSPS) is 12.9. The molecule has 0 radical (unpaired) electrons. The van der Waals surface area contributed by atoms with Crippen LogP contribution < -0.4 is 14.8 Å². The van der Waals surface area contributed by atoms with E-state index in [1.165, 1.54) is 0 Å². The molecule has 6 heteroatoms. The van der Waals surface area contributed by atoms with Crippen LogP contribution in [0.3, 0.4) is 0 Å². The third-order valence-electron chi connectivity index (χ3n) is 2.89. The summed E-state index contributed by atoms with van der Waals surface area (Å²) < 4.78 is 10.5. The Morgan fingerprint density at radius 2 is 2.05 bits per heavy atom. The van der Waals surface area contributed by atoms with E-state index >= 15 is 0 Å². The predicted molar refractivity (Wildman–Crippen MR) is 77.0 cm³/mol. The van der Waals surface area contributed by atoms with Crippen molar-refractivity contribution >= 4 is 29.2 Å². The summed E-state index contributed by atoms with van der Waals surface area (Å²) in [5.74, 6) is -0.00224. The molecule has 0 fully saturated rings. The van der Waals surface area contributed by atoms with E-state index in [1.807, 2.05) is 0 Å². The summed E-state index contributed by atoms with van der Waals surface area (Å²) in [6.07, 6.45) is 0. The third kappa shape index (κ3) is 2.83. The molecule has 21 heavy (non-hydrogen) atoms. The van der Waals surface area contributed by atoms with Gasteiger partial charge in [-0.25, -0.2) is 4.79 Å². The van der Waals surface area contributed by atoms with E-state index in [-0.39, 0.29) is 18.1 Å². The van der Waals surface area contributed by atoms with Crippen LogP contribution in [0, 0.1) is 0 Å². The van der Waals surface area contributed by atoms with Crippen molar-refractivity contribution in [2.45, 2.75) is 0 Å². The highest BCUT2D eigenvalue weighted by atomic mass is 35.5. The molecule has 2 aromatic rings. The van der Waals surface area contributed by atoms with Gasteiger partial charge >= 0.3 is 5.97 Å². The van der Waals surface area contributed by atoms with Gasteiger partial charge in [0.25, 0.3) is 5.91 Å². The highest BCUT2D eigenvalue weighted by Crippen LogP contribution is 2.32. The molecular weight excluding hydrogens is 294 g/mol. The molecule has 0 saturated heterocycles. The zero-order valence-corrected chi connectivity index (χ0v) is 11.5. The average Bonchev–Trinajstić information content (AvgIpc) is 2.48. The fourth-order valence-corrected chi connectivity index (χ4v) is 2.12. The first-order chi connectivity index (χ1) is 10.1. The fraction of sp³-hybridized carbons (Fsp3) is 0.0667. The molecule has 0 saturated carbocycles. The summed E-state index contributed by atoms with van der Waals surface area (Å²) in [4.78, 5) is 23.2. The van der Waals surface area contributed by atoms with Crippen LogP contribution in [0.5, 0.6) is 11.5 Å². The Balaban J connectivity index is 1.81. The summed E-state index contributed by atoms with van der Waals surface area (Å²) in [5, 5.41) is 2.98. The van der Waals surface area contributed by atoms with Crippen LogP contribution in [0.15, 0.2) is 42.5 Å². The lowest BCUT2D eigenvalue weighted by atomic mass is 10.2. The second-order valence-electron chi connectivity index (χ2n) is 4.36. The highest BCUT2D eigenvalue weighted by Gasteiger charge is 2.18. The van der Waals surface area contributed by atoms with Crippen molar-refractivity contribution in [2.75, 3.05) is 11.9 Å². The van der Waals surface area contributed by atoms with Gasteiger partial charge in [0, 0.05) is 6.07 Å². The lowest BCUT2D eigenvalue weighted by molar-refractivity contribution is -0.118. The minimum atomic E-state index is -0.555. The van der Waals surface area contributed by atoms with Gasteiger partial charge in [0.2, 0.25) is 0 Å². The number of benzene rings is 2. The first-order valence-corrected chi connectivity index (χ1v) is 6.55. The Morgan fingerprint density at radius 1 is 1.24 bits per heavy atom. The maximum atomic E-state index is 12.0. The second-order valence-corrected chi connectivity index (χ2v) is 4.77. The van der Waals surface area contributed by atoms with Crippen molar-refractivity contribution in [2.24, 2.45) is 0 Å². The Bertz CT molecular complexity index is 729. The maximum Gasteiger partial charge on any atom is 0.345 e. The molecule has 1 N–H and O–H groups in total. The summed E-state index contributed by atoms with van der Waals surface area (Å²) >= 11 is 5.94. The molecule has 0 aliphatic carbocycles. The number of anilines is 1. The summed E-state index contributed by atoms with van der Waals surface area (Å²) in [6, 6.07) is 11.4. The molecule has 0 aromatic heterocycles. The molecular formula is C15H10ClNO4. The number of carbonyl (C=O) groups excluding carboxylic acids is 2. The predicted octanol–water partition coefficient (Wildman–Crippen LogP) is 2.89. The molecule has 2 aromatic carbocycles. The van der Waals surface area contributed by atoms with Crippen LogP contribution in [0.2, 0.25) is 5.02 Å². The molecule has 106 valence electrons. The molecule has 0 atom stereocenters. The zero-order chi connectivity index (χ0) is 14.8. The number of fused-ring (bicyclic) bond motifs is 1. The smallest absolute Gasteiger partial charge is 0.345 e. The number of nitrogens with one attached hydrogen (secondary N) is 1. The second kappa shape index (κ2) is 5.46. The van der Waals surface area contributed by atoms with E-state index in [0.29, 0.717) is 22.2 Å². The number of rotatable bonds is 2. The van der Waals surface area contributed by atoms with Gasteiger partial charge < -0.3 is 14.8 Å². The van der Waals surface area contributed by atoms with Gasteiger partial charge in [-0.3, -0.25) is 4.79 Å². The minimum Gasteiger partial charge on any atom is -0.481 e. The van der Waals surface area contributed by atoms with Crippen LogP contribution in [0.25, 0.3) is 0 Å². The van der Waals surface area contributed by atoms with Crippen LogP contribution >= 0.6 is 11.6 Å². The number of hydrogen-bond acceptors (Lipinski definition) is 4.